The fourth-order valence-corrected chi connectivity index (χ4v) is 4.43. The van der Waals surface area contributed by atoms with Crippen LogP contribution in [0.4, 0.5) is 0 Å². The SMILES string of the molecule is CCN(CC)Cc1ccc(O)c(-c2cc3c(-c4ccc(C(=O)O)c(C(C)C)c4)ccnc3[nH]2)c1. The van der Waals surface area contributed by atoms with Crippen molar-refractivity contribution in [1.29, 1.82) is 0 Å². The number of aromatic amines is 1. The maximum atomic E-state index is 11.7. The van der Waals surface area contributed by atoms with Crippen LogP contribution in [0.15, 0.2) is 54.7 Å². The van der Waals surface area contributed by atoms with Crippen LogP contribution in [0, 0.1) is 0 Å². The number of hydrogen-bond acceptors (Lipinski definition) is 4. The van der Waals surface area contributed by atoms with E-state index in [1.807, 2.05) is 50.2 Å². The first-order valence-electron chi connectivity index (χ1n) is 11.7. The number of phenolic OH excluding ortho intramolecular Hbond substituents is 1. The summed E-state index contributed by atoms with van der Waals surface area (Å²) < 4.78 is 0. The Morgan fingerprint density at radius 1 is 1.03 bits per heavy atom. The van der Waals surface area contributed by atoms with E-state index in [4.69, 9.17) is 0 Å². The molecule has 6 heteroatoms. The van der Waals surface area contributed by atoms with Crippen LogP contribution in [-0.2, 0) is 6.54 Å². The number of fused-ring (bicyclic) bond motifs is 1. The van der Waals surface area contributed by atoms with Gasteiger partial charge in [0.15, 0.2) is 0 Å². The minimum atomic E-state index is -0.917. The zero-order valence-electron chi connectivity index (χ0n) is 20.1. The van der Waals surface area contributed by atoms with E-state index in [1.165, 1.54) is 0 Å². The molecule has 0 aliphatic carbocycles. The molecule has 2 aromatic heterocycles. The number of carboxylic acid groups (broad SMARTS) is 1. The molecular weight excluding hydrogens is 426 g/mol. The van der Waals surface area contributed by atoms with Crippen molar-refractivity contribution in [3.63, 3.8) is 0 Å². The average molecular weight is 458 g/mol. The van der Waals surface area contributed by atoms with Gasteiger partial charge in [-0.3, -0.25) is 4.90 Å². The monoisotopic (exact) mass is 457 g/mol. The minimum Gasteiger partial charge on any atom is -0.507 e. The zero-order chi connectivity index (χ0) is 24.4. The molecule has 0 radical (unpaired) electrons. The van der Waals surface area contributed by atoms with Gasteiger partial charge in [-0.2, -0.15) is 0 Å². The Bertz CT molecular complexity index is 1340. The van der Waals surface area contributed by atoms with Crippen LogP contribution in [0.1, 0.15) is 55.1 Å². The number of hydrogen-bond donors (Lipinski definition) is 3. The van der Waals surface area contributed by atoms with E-state index in [9.17, 15) is 15.0 Å². The number of phenols is 1. The molecule has 3 N–H and O–H groups in total. The van der Waals surface area contributed by atoms with Gasteiger partial charge in [-0.15, -0.1) is 0 Å². The number of aromatic nitrogens is 2. The minimum absolute atomic E-state index is 0.0793. The lowest BCUT2D eigenvalue weighted by atomic mass is 9.92. The lowest BCUT2D eigenvalue weighted by Gasteiger charge is -2.18. The Morgan fingerprint density at radius 2 is 1.79 bits per heavy atom. The summed E-state index contributed by atoms with van der Waals surface area (Å²) in [5.41, 5.74) is 6.40. The highest BCUT2D eigenvalue weighted by molar-refractivity contribution is 5.98. The molecule has 0 aliphatic heterocycles. The number of nitrogens with zero attached hydrogens (tertiary/aromatic N) is 2. The van der Waals surface area contributed by atoms with Gasteiger partial charge < -0.3 is 15.2 Å². The van der Waals surface area contributed by atoms with Gasteiger partial charge in [0, 0.05) is 23.7 Å². The van der Waals surface area contributed by atoms with Crippen molar-refractivity contribution in [3.05, 3.63) is 71.4 Å². The summed E-state index contributed by atoms with van der Waals surface area (Å²) in [7, 11) is 0. The Balaban J connectivity index is 1.80. The van der Waals surface area contributed by atoms with Crippen molar-refractivity contribution in [3.8, 4) is 28.1 Å². The predicted molar refractivity (Wildman–Crippen MR) is 136 cm³/mol. The Kier molecular flexibility index (Phi) is 6.70. The molecule has 0 atom stereocenters. The number of pyridine rings is 1. The van der Waals surface area contributed by atoms with Crippen molar-refractivity contribution in [2.45, 2.75) is 40.2 Å². The molecule has 4 rings (SSSR count). The van der Waals surface area contributed by atoms with Crippen molar-refractivity contribution < 1.29 is 15.0 Å². The third kappa shape index (κ3) is 4.54. The van der Waals surface area contributed by atoms with Crippen LogP contribution in [0.25, 0.3) is 33.4 Å². The molecule has 0 spiro atoms. The largest absolute Gasteiger partial charge is 0.507 e. The van der Waals surface area contributed by atoms with Crippen LogP contribution in [0.5, 0.6) is 5.75 Å². The predicted octanol–water partition coefficient (Wildman–Crippen LogP) is 6.27. The summed E-state index contributed by atoms with van der Waals surface area (Å²) in [6, 6.07) is 15.2. The Hall–Kier alpha value is -3.64. The molecule has 2 aromatic carbocycles. The van der Waals surface area contributed by atoms with Gasteiger partial charge in [-0.25, -0.2) is 9.78 Å². The molecule has 0 unspecified atom stereocenters. The lowest BCUT2D eigenvalue weighted by Crippen LogP contribution is -2.22. The molecule has 34 heavy (non-hydrogen) atoms. The maximum Gasteiger partial charge on any atom is 0.335 e. The zero-order valence-corrected chi connectivity index (χ0v) is 20.1. The first-order chi connectivity index (χ1) is 16.3. The van der Waals surface area contributed by atoms with Crippen molar-refractivity contribution >= 4 is 17.0 Å². The molecule has 4 aromatic rings. The number of nitrogens with one attached hydrogen (secondary N) is 1. The number of carbonyl (C=O) groups is 1. The topological polar surface area (TPSA) is 89.4 Å². The molecule has 0 bridgehead atoms. The van der Waals surface area contributed by atoms with Gasteiger partial charge in [0.05, 0.1) is 11.3 Å². The van der Waals surface area contributed by atoms with Crippen molar-refractivity contribution in [2.75, 3.05) is 13.1 Å². The standard InChI is InChI=1S/C28H31N3O3/c1-5-31(6-2)16-18-7-10-26(32)24(13-18)25-15-23-20(11-12-29-27(23)30-25)19-8-9-21(28(33)34)22(14-19)17(3)4/h7-15,17,32H,5-6,16H2,1-4H3,(H,29,30)(H,33,34). The summed E-state index contributed by atoms with van der Waals surface area (Å²) in [6.45, 7) is 11.0. The highest BCUT2D eigenvalue weighted by atomic mass is 16.4. The number of benzene rings is 2. The molecule has 176 valence electrons. The van der Waals surface area contributed by atoms with E-state index in [2.05, 4.69) is 28.7 Å². The Labute approximate surface area is 199 Å². The highest BCUT2D eigenvalue weighted by Gasteiger charge is 2.17. The van der Waals surface area contributed by atoms with Crippen LogP contribution >= 0.6 is 0 Å². The first kappa shape index (κ1) is 23.5. The molecule has 0 fully saturated rings. The van der Waals surface area contributed by atoms with Gasteiger partial charge in [0.1, 0.15) is 11.4 Å². The van der Waals surface area contributed by atoms with Crippen molar-refractivity contribution in [2.24, 2.45) is 0 Å². The Morgan fingerprint density at radius 3 is 2.47 bits per heavy atom. The van der Waals surface area contributed by atoms with Crippen LogP contribution in [-0.4, -0.2) is 44.1 Å². The van der Waals surface area contributed by atoms with Crippen LogP contribution in [0.3, 0.4) is 0 Å². The smallest absolute Gasteiger partial charge is 0.335 e. The molecule has 0 aliphatic rings. The van der Waals surface area contributed by atoms with E-state index < -0.39 is 5.97 Å². The summed E-state index contributed by atoms with van der Waals surface area (Å²) in [5, 5.41) is 21.1. The van der Waals surface area contributed by atoms with E-state index in [1.54, 1.807) is 18.3 Å². The number of H-pyrrole nitrogens is 1. The fourth-order valence-electron chi connectivity index (χ4n) is 4.43. The highest BCUT2D eigenvalue weighted by Crippen LogP contribution is 2.36. The van der Waals surface area contributed by atoms with Gasteiger partial charge >= 0.3 is 5.97 Å². The maximum absolute atomic E-state index is 11.7. The fraction of sp³-hybridized carbons (Fsp3) is 0.286. The second-order valence-electron chi connectivity index (χ2n) is 8.88. The van der Waals surface area contributed by atoms with Gasteiger partial charge in [-0.1, -0.05) is 45.9 Å². The number of carboxylic acids is 1. The van der Waals surface area contributed by atoms with Gasteiger partial charge in [-0.05, 0) is 71.6 Å². The van der Waals surface area contributed by atoms with E-state index >= 15 is 0 Å². The van der Waals surface area contributed by atoms with Crippen LogP contribution < -0.4 is 0 Å². The molecular formula is C28H31N3O3. The number of rotatable bonds is 8. The molecule has 0 saturated carbocycles. The van der Waals surface area contributed by atoms with E-state index in [0.29, 0.717) is 5.56 Å². The second kappa shape index (κ2) is 9.69. The third-order valence-corrected chi connectivity index (χ3v) is 6.40. The first-order valence-corrected chi connectivity index (χ1v) is 11.7. The third-order valence-electron chi connectivity index (χ3n) is 6.40. The van der Waals surface area contributed by atoms with Crippen molar-refractivity contribution in [1.82, 2.24) is 14.9 Å². The summed E-state index contributed by atoms with van der Waals surface area (Å²) >= 11 is 0. The number of aromatic carboxylic acids is 1. The molecule has 0 saturated heterocycles. The quantitative estimate of drug-likeness (QED) is 0.290. The van der Waals surface area contributed by atoms with E-state index in [-0.39, 0.29) is 11.7 Å². The van der Waals surface area contributed by atoms with Crippen LogP contribution in [0.2, 0.25) is 0 Å². The molecule has 2 heterocycles. The number of aromatic hydroxyl groups is 1. The molecule has 6 nitrogen and oxygen atoms in total. The normalized spacial score (nSPS) is 11.6. The van der Waals surface area contributed by atoms with E-state index in [0.717, 1.165) is 64.2 Å². The van der Waals surface area contributed by atoms with Gasteiger partial charge in [0.25, 0.3) is 0 Å². The summed E-state index contributed by atoms with van der Waals surface area (Å²) in [4.78, 5) is 21.9. The summed E-state index contributed by atoms with van der Waals surface area (Å²) in [5.74, 6) is -0.626. The lowest BCUT2D eigenvalue weighted by molar-refractivity contribution is 0.0695. The second-order valence-corrected chi connectivity index (χ2v) is 8.88. The average Bonchev–Trinajstić information content (AvgIpc) is 3.27. The summed E-state index contributed by atoms with van der Waals surface area (Å²) in [6.07, 6.45) is 1.74. The van der Waals surface area contributed by atoms with Gasteiger partial charge in [0.2, 0.25) is 0 Å². The molecule has 0 amide bonds.